The molecule has 2 aromatic carbocycles. The van der Waals surface area contributed by atoms with E-state index in [-0.39, 0.29) is 18.8 Å². The van der Waals surface area contributed by atoms with Gasteiger partial charge in [-0.1, -0.05) is 12.1 Å². The summed E-state index contributed by atoms with van der Waals surface area (Å²) in [7, 11) is 3.10. The minimum Gasteiger partial charge on any atom is -0.493 e. The van der Waals surface area contributed by atoms with Crippen LogP contribution in [0.15, 0.2) is 48.5 Å². The highest BCUT2D eigenvalue weighted by Crippen LogP contribution is 2.28. The molecule has 7 heteroatoms. The van der Waals surface area contributed by atoms with Crippen LogP contribution < -0.4 is 14.2 Å². The van der Waals surface area contributed by atoms with Gasteiger partial charge < -0.3 is 24.1 Å². The fourth-order valence-electron chi connectivity index (χ4n) is 2.38. The largest absolute Gasteiger partial charge is 0.493 e. The van der Waals surface area contributed by atoms with E-state index < -0.39 is 5.97 Å². The maximum Gasteiger partial charge on any atom is 0.306 e. The lowest BCUT2D eigenvalue weighted by Gasteiger charge is -2.10. The summed E-state index contributed by atoms with van der Waals surface area (Å²) < 4.78 is 21.1. The number of benzene rings is 2. The second-order valence-corrected chi connectivity index (χ2v) is 5.97. The van der Waals surface area contributed by atoms with Crippen molar-refractivity contribution in [3.05, 3.63) is 59.7 Å². The molecular formula is C22H24O7. The van der Waals surface area contributed by atoms with E-state index in [0.29, 0.717) is 36.0 Å². The number of carboxylic acid groups (broad SMARTS) is 1. The number of carboxylic acids is 1. The molecule has 2 aromatic rings. The van der Waals surface area contributed by atoms with Crippen LogP contribution in [0.25, 0.3) is 6.08 Å². The number of aliphatic carboxylic acids is 1. The number of hydrogen-bond acceptors (Lipinski definition) is 6. The molecule has 0 bridgehead atoms. The lowest BCUT2D eigenvalue weighted by molar-refractivity contribution is -0.137. The molecule has 0 unspecified atom stereocenters. The number of ketones is 1. The zero-order chi connectivity index (χ0) is 21.1. The first-order chi connectivity index (χ1) is 14.0. The molecule has 0 radical (unpaired) electrons. The van der Waals surface area contributed by atoms with E-state index in [0.717, 1.165) is 5.56 Å². The minimum atomic E-state index is -0.934. The summed E-state index contributed by atoms with van der Waals surface area (Å²) in [6.07, 6.45) is 3.05. The molecule has 0 aliphatic carbocycles. The highest BCUT2D eigenvalue weighted by atomic mass is 16.5. The Labute approximate surface area is 169 Å². The molecule has 0 fully saturated rings. The Hall–Kier alpha value is -3.32. The van der Waals surface area contributed by atoms with Gasteiger partial charge in [-0.15, -0.1) is 0 Å². The van der Waals surface area contributed by atoms with Gasteiger partial charge in [0.2, 0.25) is 0 Å². The summed E-state index contributed by atoms with van der Waals surface area (Å²) in [5.41, 5.74) is 1.29. The topological polar surface area (TPSA) is 91.3 Å². The van der Waals surface area contributed by atoms with E-state index in [1.54, 1.807) is 55.7 Å². The number of ether oxygens (including phenoxy) is 4. The van der Waals surface area contributed by atoms with Gasteiger partial charge in [0.1, 0.15) is 12.4 Å². The summed E-state index contributed by atoms with van der Waals surface area (Å²) in [4.78, 5) is 22.9. The van der Waals surface area contributed by atoms with Crippen LogP contribution in [0.5, 0.6) is 17.2 Å². The minimum absolute atomic E-state index is 0.0462. The lowest BCUT2D eigenvalue weighted by Crippen LogP contribution is -2.05. The fourth-order valence-corrected chi connectivity index (χ4v) is 2.38. The van der Waals surface area contributed by atoms with Crippen molar-refractivity contribution in [2.24, 2.45) is 0 Å². The Morgan fingerprint density at radius 3 is 2.34 bits per heavy atom. The third-order valence-corrected chi connectivity index (χ3v) is 3.88. The fraction of sp³-hybridized carbons (Fsp3) is 0.273. The molecule has 0 heterocycles. The normalized spacial score (nSPS) is 10.7. The summed E-state index contributed by atoms with van der Waals surface area (Å²) >= 11 is 0. The van der Waals surface area contributed by atoms with E-state index >= 15 is 0 Å². The molecular weight excluding hydrogens is 376 g/mol. The van der Waals surface area contributed by atoms with Crippen molar-refractivity contribution in [2.75, 3.05) is 34.0 Å². The lowest BCUT2D eigenvalue weighted by atomic mass is 10.1. The first-order valence-corrected chi connectivity index (χ1v) is 9.00. The van der Waals surface area contributed by atoms with Crippen molar-refractivity contribution in [3.63, 3.8) is 0 Å². The number of methoxy groups -OCH3 is 2. The first-order valence-electron chi connectivity index (χ1n) is 9.00. The standard InChI is InChI=1S/C22H24O7/c1-26-13-14-28-18-7-5-17(6-8-18)19(23)9-3-16-4-10-20(21(15-16)27-2)29-12-11-22(24)25/h3-10,15H,11-14H2,1-2H3,(H,24,25)/b9-3+. The maximum absolute atomic E-state index is 12.4. The van der Waals surface area contributed by atoms with Gasteiger partial charge in [0, 0.05) is 12.7 Å². The quantitative estimate of drug-likeness (QED) is 0.331. The van der Waals surface area contributed by atoms with Gasteiger partial charge in [-0.2, -0.15) is 0 Å². The highest BCUT2D eigenvalue weighted by Gasteiger charge is 2.07. The third kappa shape index (κ3) is 7.31. The van der Waals surface area contributed by atoms with Crippen LogP contribution in [0, 0.1) is 0 Å². The van der Waals surface area contributed by atoms with Crippen LogP contribution in [0.1, 0.15) is 22.3 Å². The molecule has 0 saturated carbocycles. The molecule has 0 aliphatic rings. The third-order valence-electron chi connectivity index (χ3n) is 3.88. The van der Waals surface area contributed by atoms with Gasteiger partial charge in [0.25, 0.3) is 0 Å². The molecule has 0 saturated heterocycles. The molecule has 7 nitrogen and oxygen atoms in total. The van der Waals surface area contributed by atoms with Crippen LogP contribution in [0.4, 0.5) is 0 Å². The summed E-state index contributed by atoms with van der Waals surface area (Å²) in [6.45, 7) is 0.988. The Kier molecular flexibility index (Phi) is 8.72. The highest BCUT2D eigenvalue weighted by molar-refractivity contribution is 6.06. The Morgan fingerprint density at radius 1 is 0.931 bits per heavy atom. The van der Waals surface area contributed by atoms with Crippen LogP contribution in [-0.2, 0) is 9.53 Å². The smallest absolute Gasteiger partial charge is 0.306 e. The predicted octanol–water partition coefficient (Wildman–Crippen LogP) is 3.47. The molecule has 0 amide bonds. The molecule has 0 aliphatic heterocycles. The Balaban J connectivity index is 1.99. The Morgan fingerprint density at radius 2 is 1.69 bits per heavy atom. The van der Waals surface area contributed by atoms with Gasteiger partial charge in [0.05, 0.1) is 26.7 Å². The average molecular weight is 400 g/mol. The molecule has 0 atom stereocenters. The first kappa shape index (κ1) is 22.0. The second kappa shape index (κ2) is 11.5. The SMILES string of the molecule is COCCOc1ccc(C(=O)/C=C/c2ccc(OCCC(=O)O)c(OC)c2)cc1. The molecule has 2 rings (SSSR count). The molecule has 1 N–H and O–H groups in total. The molecule has 0 aromatic heterocycles. The van der Waals surface area contributed by atoms with Crippen LogP contribution in [0.3, 0.4) is 0 Å². The average Bonchev–Trinajstić information content (AvgIpc) is 2.73. The van der Waals surface area contributed by atoms with E-state index in [2.05, 4.69) is 0 Å². The van der Waals surface area contributed by atoms with E-state index in [4.69, 9.17) is 24.1 Å². The van der Waals surface area contributed by atoms with Gasteiger partial charge in [-0.25, -0.2) is 0 Å². The van der Waals surface area contributed by atoms with Crippen molar-refractivity contribution >= 4 is 17.8 Å². The van der Waals surface area contributed by atoms with Crippen molar-refractivity contribution in [1.29, 1.82) is 0 Å². The Bertz CT molecular complexity index is 841. The monoisotopic (exact) mass is 400 g/mol. The van der Waals surface area contributed by atoms with Gasteiger partial charge in [0.15, 0.2) is 17.3 Å². The predicted molar refractivity (Wildman–Crippen MR) is 108 cm³/mol. The van der Waals surface area contributed by atoms with E-state index in [1.807, 2.05) is 0 Å². The summed E-state index contributed by atoms with van der Waals surface area (Å²) in [5, 5.41) is 8.68. The van der Waals surface area contributed by atoms with E-state index in [9.17, 15) is 9.59 Å². The van der Waals surface area contributed by atoms with Crippen LogP contribution in [0.2, 0.25) is 0 Å². The van der Waals surface area contributed by atoms with Crippen molar-refractivity contribution in [3.8, 4) is 17.2 Å². The van der Waals surface area contributed by atoms with Gasteiger partial charge in [-0.3, -0.25) is 9.59 Å². The summed E-state index contributed by atoms with van der Waals surface area (Å²) in [6, 6.07) is 12.0. The molecule has 29 heavy (non-hydrogen) atoms. The zero-order valence-corrected chi connectivity index (χ0v) is 16.4. The number of allylic oxidation sites excluding steroid dienone is 1. The molecule has 0 spiro atoms. The van der Waals surface area contributed by atoms with Crippen molar-refractivity contribution < 1.29 is 33.6 Å². The summed E-state index contributed by atoms with van der Waals surface area (Å²) in [5.74, 6) is 0.500. The number of carbonyl (C=O) groups excluding carboxylic acids is 1. The van der Waals surface area contributed by atoms with Crippen molar-refractivity contribution in [2.45, 2.75) is 6.42 Å². The van der Waals surface area contributed by atoms with Crippen LogP contribution >= 0.6 is 0 Å². The van der Waals surface area contributed by atoms with Crippen LogP contribution in [-0.4, -0.2) is 50.9 Å². The second-order valence-electron chi connectivity index (χ2n) is 5.97. The van der Waals surface area contributed by atoms with Gasteiger partial charge >= 0.3 is 5.97 Å². The number of carbonyl (C=O) groups is 2. The van der Waals surface area contributed by atoms with E-state index in [1.165, 1.54) is 13.2 Å². The zero-order valence-electron chi connectivity index (χ0n) is 16.4. The molecule has 154 valence electrons. The van der Waals surface area contributed by atoms with Crippen molar-refractivity contribution in [1.82, 2.24) is 0 Å². The maximum atomic E-state index is 12.4. The number of rotatable bonds is 12. The van der Waals surface area contributed by atoms with Gasteiger partial charge in [-0.05, 0) is 48.0 Å². The number of hydrogen-bond donors (Lipinski definition) is 1.